The van der Waals surface area contributed by atoms with Crippen LogP contribution in [0.25, 0.3) is 0 Å². The van der Waals surface area contributed by atoms with Crippen molar-refractivity contribution in [3.05, 3.63) is 124 Å². The molecule has 9 nitrogen and oxygen atoms in total. The second-order valence-electron chi connectivity index (χ2n) is 11.4. The normalized spacial score (nSPS) is 13.1. The van der Waals surface area contributed by atoms with Crippen LogP contribution in [0.1, 0.15) is 53.8 Å². The Hall–Kier alpha value is -3.87. The van der Waals surface area contributed by atoms with Gasteiger partial charge in [-0.05, 0) is 52.6 Å². The average molecular weight is 664 g/mol. The number of benzene rings is 3. The zero-order chi connectivity index (χ0) is 33.3. The molecule has 3 N–H and O–H groups in total. The molecule has 4 rings (SSSR count). The molecule has 3 aromatic carbocycles. The van der Waals surface area contributed by atoms with Gasteiger partial charge in [-0.2, -0.15) is 4.31 Å². The van der Waals surface area contributed by atoms with Gasteiger partial charge in [0.25, 0.3) is 0 Å². The summed E-state index contributed by atoms with van der Waals surface area (Å²) in [6, 6.07) is 26.7. The van der Waals surface area contributed by atoms with E-state index < -0.39 is 46.6 Å². The van der Waals surface area contributed by atoms with Crippen LogP contribution in [0.3, 0.4) is 0 Å². The maximum atomic E-state index is 14.0. The lowest BCUT2D eigenvalue weighted by atomic mass is 9.85. The van der Waals surface area contributed by atoms with Crippen LogP contribution < -0.4 is 5.73 Å². The first-order chi connectivity index (χ1) is 22.1. The maximum Gasteiger partial charge on any atom is 0.416 e. The summed E-state index contributed by atoms with van der Waals surface area (Å²) in [5.41, 5.74) is 8.86. The molecule has 0 radical (unpaired) electrons. The SMILES string of the molecule is COC(=O)N(Cc1csc(C(CO)N(CCC(C)C)S(=O)(=O)c2ccccc2)c1)C(=O)[C@@H](N)C(c1ccccc1)c1ccccc1. The first-order valence-corrected chi connectivity index (χ1v) is 17.4. The number of aliphatic hydroxyl groups excluding tert-OH is 1. The molecule has 0 saturated carbocycles. The number of thiophene rings is 1. The number of ether oxygens (including phenoxy) is 1. The second-order valence-corrected chi connectivity index (χ2v) is 14.2. The van der Waals surface area contributed by atoms with Crippen molar-refractivity contribution >= 4 is 33.4 Å². The molecule has 0 aliphatic heterocycles. The molecule has 2 amide bonds. The van der Waals surface area contributed by atoms with Gasteiger partial charge in [-0.1, -0.05) is 92.7 Å². The minimum atomic E-state index is -3.95. The van der Waals surface area contributed by atoms with E-state index in [0.717, 1.165) is 16.0 Å². The van der Waals surface area contributed by atoms with Crippen LogP contribution >= 0.6 is 11.3 Å². The van der Waals surface area contributed by atoms with Crippen LogP contribution in [0.5, 0.6) is 0 Å². The maximum absolute atomic E-state index is 14.0. The van der Waals surface area contributed by atoms with Crippen molar-refractivity contribution < 1.29 is 27.9 Å². The summed E-state index contributed by atoms with van der Waals surface area (Å²) in [5.74, 6) is -0.927. The van der Waals surface area contributed by atoms with Gasteiger partial charge in [-0.15, -0.1) is 11.3 Å². The van der Waals surface area contributed by atoms with E-state index >= 15 is 0 Å². The molecule has 1 unspecified atom stereocenters. The molecule has 0 fully saturated rings. The summed E-state index contributed by atoms with van der Waals surface area (Å²) in [6.07, 6.45) is -0.273. The number of sulfonamides is 1. The van der Waals surface area contributed by atoms with E-state index in [4.69, 9.17) is 10.5 Å². The fraction of sp³-hybridized carbons (Fsp3) is 0.314. The van der Waals surface area contributed by atoms with E-state index in [9.17, 15) is 23.1 Å². The van der Waals surface area contributed by atoms with Crippen molar-refractivity contribution in [3.63, 3.8) is 0 Å². The minimum absolute atomic E-state index is 0.136. The number of carbonyl (C=O) groups excluding carboxylic acids is 2. The third kappa shape index (κ3) is 8.28. The number of aliphatic hydroxyl groups is 1. The van der Waals surface area contributed by atoms with Gasteiger partial charge in [0.15, 0.2) is 0 Å². The Morgan fingerprint density at radius 2 is 1.46 bits per heavy atom. The van der Waals surface area contributed by atoms with Gasteiger partial charge in [-0.3, -0.25) is 4.79 Å². The fourth-order valence-corrected chi connectivity index (χ4v) is 8.02. The molecule has 4 aromatic rings. The molecule has 11 heteroatoms. The highest BCUT2D eigenvalue weighted by Crippen LogP contribution is 2.33. The molecule has 0 spiro atoms. The molecule has 46 heavy (non-hydrogen) atoms. The Morgan fingerprint density at radius 3 is 1.96 bits per heavy atom. The van der Waals surface area contributed by atoms with E-state index in [1.54, 1.807) is 29.6 Å². The van der Waals surface area contributed by atoms with Gasteiger partial charge in [0.2, 0.25) is 15.9 Å². The monoisotopic (exact) mass is 663 g/mol. The number of nitrogens with two attached hydrogens (primary N) is 1. The summed E-state index contributed by atoms with van der Waals surface area (Å²) >= 11 is 1.25. The van der Waals surface area contributed by atoms with Crippen molar-refractivity contribution in [1.29, 1.82) is 0 Å². The largest absolute Gasteiger partial charge is 0.452 e. The zero-order valence-corrected chi connectivity index (χ0v) is 27.9. The van der Waals surface area contributed by atoms with Crippen molar-refractivity contribution in [2.24, 2.45) is 11.7 Å². The van der Waals surface area contributed by atoms with Crippen molar-refractivity contribution in [2.75, 3.05) is 20.3 Å². The minimum Gasteiger partial charge on any atom is -0.452 e. The van der Waals surface area contributed by atoms with Gasteiger partial charge in [0, 0.05) is 17.3 Å². The van der Waals surface area contributed by atoms with Crippen LogP contribution in [-0.2, 0) is 26.1 Å². The number of methoxy groups -OCH3 is 1. The highest BCUT2D eigenvalue weighted by molar-refractivity contribution is 7.89. The molecule has 0 bridgehead atoms. The van der Waals surface area contributed by atoms with Crippen molar-refractivity contribution in [3.8, 4) is 0 Å². The fourth-order valence-electron chi connectivity index (χ4n) is 5.31. The van der Waals surface area contributed by atoms with Crippen LogP contribution in [0.2, 0.25) is 0 Å². The van der Waals surface area contributed by atoms with Gasteiger partial charge in [0.05, 0.1) is 37.2 Å². The molecular formula is C35H41N3O6S2. The molecule has 1 heterocycles. The summed E-state index contributed by atoms with van der Waals surface area (Å²) < 4.78 is 33.9. The van der Waals surface area contributed by atoms with E-state index in [-0.39, 0.29) is 23.9 Å². The lowest BCUT2D eigenvalue weighted by molar-refractivity contribution is -0.131. The predicted molar refractivity (Wildman–Crippen MR) is 180 cm³/mol. The first-order valence-electron chi connectivity index (χ1n) is 15.1. The number of carbonyl (C=O) groups is 2. The Bertz CT molecular complexity index is 1620. The summed E-state index contributed by atoms with van der Waals surface area (Å²) in [4.78, 5) is 28.6. The Morgan fingerprint density at radius 1 is 0.913 bits per heavy atom. The third-order valence-corrected chi connectivity index (χ3v) is 10.8. The van der Waals surface area contributed by atoms with Crippen LogP contribution in [0, 0.1) is 5.92 Å². The van der Waals surface area contributed by atoms with E-state index in [1.165, 1.54) is 34.9 Å². The smallest absolute Gasteiger partial charge is 0.416 e. The first kappa shape index (κ1) is 35.0. The van der Waals surface area contributed by atoms with Gasteiger partial charge < -0.3 is 15.6 Å². The summed E-state index contributed by atoms with van der Waals surface area (Å²) in [6.45, 7) is 3.61. The molecule has 2 atom stereocenters. The lowest BCUT2D eigenvalue weighted by Gasteiger charge is -2.30. The second kappa shape index (κ2) is 16.1. The molecule has 0 saturated heterocycles. The standard InChI is InChI=1S/C35H41N3O6S2/c1-25(2)19-20-38(46(42,43)29-17-11-6-12-18-29)30(23-39)31-21-26(24-45-31)22-37(35(41)44-3)34(40)33(36)32(27-13-7-4-8-14-27)28-15-9-5-10-16-28/h4-18,21,24-25,30,32-33,39H,19-20,22-23,36H2,1-3H3/t30?,33-/m0/s1. The van der Waals surface area contributed by atoms with Gasteiger partial charge in [0.1, 0.15) is 0 Å². The third-order valence-electron chi connectivity index (χ3n) is 7.76. The number of rotatable bonds is 14. The number of hydrogen-bond acceptors (Lipinski definition) is 8. The number of amides is 2. The quantitative estimate of drug-likeness (QED) is 0.175. The van der Waals surface area contributed by atoms with Gasteiger partial charge in [-0.25, -0.2) is 18.1 Å². The zero-order valence-electron chi connectivity index (χ0n) is 26.2. The van der Waals surface area contributed by atoms with E-state index in [2.05, 4.69) is 0 Å². The Kier molecular flexibility index (Phi) is 12.3. The summed E-state index contributed by atoms with van der Waals surface area (Å²) in [5, 5.41) is 12.3. The average Bonchev–Trinajstić information content (AvgIpc) is 3.54. The highest BCUT2D eigenvalue weighted by Gasteiger charge is 2.36. The highest BCUT2D eigenvalue weighted by atomic mass is 32.2. The van der Waals surface area contributed by atoms with E-state index in [1.807, 2.05) is 74.5 Å². The number of hydrogen-bond donors (Lipinski definition) is 2. The number of nitrogens with zero attached hydrogens (tertiary/aromatic N) is 2. The van der Waals surface area contributed by atoms with Crippen molar-refractivity contribution in [2.45, 2.75) is 49.7 Å². The van der Waals surface area contributed by atoms with E-state index in [0.29, 0.717) is 16.9 Å². The van der Waals surface area contributed by atoms with Crippen LogP contribution in [0.4, 0.5) is 4.79 Å². The Balaban J connectivity index is 1.64. The predicted octanol–water partition coefficient (Wildman–Crippen LogP) is 5.77. The molecule has 0 aliphatic carbocycles. The van der Waals surface area contributed by atoms with Crippen LogP contribution in [0.15, 0.2) is 107 Å². The molecule has 244 valence electrons. The molecule has 1 aromatic heterocycles. The Labute approximate surface area is 275 Å². The molecular weight excluding hydrogens is 623 g/mol. The van der Waals surface area contributed by atoms with Gasteiger partial charge >= 0.3 is 6.09 Å². The number of imide groups is 1. The summed E-state index contributed by atoms with van der Waals surface area (Å²) in [7, 11) is -2.75. The topological polar surface area (TPSA) is 130 Å². The lowest BCUT2D eigenvalue weighted by Crippen LogP contribution is -2.49. The van der Waals surface area contributed by atoms with Crippen LogP contribution in [-0.4, -0.2) is 61.0 Å². The van der Waals surface area contributed by atoms with Crippen molar-refractivity contribution in [1.82, 2.24) is 9.21 Å². The molecule has 0 aliphatic rings.